The first-order chi connectivity index (χ1) is 10.6. The number of hydrogen-bond donors (Lipinski definition) is 0. The largest absolute Gasteiger partial charge is 0.356 e. The van der Waals surface area contributed by atoms with Crippen LogP contribution in [0.3, 0.4) is 0 Å². The Morgan fingerprint density at radius 2 is 1.77 bits per heavy atom. The van der Waals surface area contributed by atoms with Gasteiger partial charge >= 0.3 is 0 Å². The minimum Gasteiger partial charge on any atom is -0.356 e. The Bertz CT molecular complexity index is 707. The van der Waals surface area contributed by atoms with Crippen LogP contribution in [0.4, 0.5) is 5.82 Å². The van der Waals surface area contributed by atoms with Crippen LogP contribution in [-0.2, 0) is 0 Å². The van der Waals surface area contributed by atoms with Gasteiger partial charge < -0.3 is 4.90 Å². The van der Waals surface area contributed by atoms with E-state index in [1.54, 1.807) is 6.07 Å². The van der Waals surface area contributed by atoms with Gasteiger partial charge in [0.15, 0.2) is 5.82 Å². The van der Waals surface area contributed by atoms with Crippen LogP contribution in [0, 0.1) is 6.92 Å². The summed E-state index contributed by atoms with van der Waals surface area (Å²) in [5.74, 6) is 1.73. The minimum atomic E-state index is 0.548. The lowest BCUT2D eigenvalue weighted by Gasteiger charge is -2.16. The summed E-state index contributed by atoms with van der Waals surface area (Å²) in [6, 6.07) is 7.58. The van der Waals surface area contributed by atoms with E-state index >= 15 is 0 Å². The van der Waals surface area contributed by atoms with Crippen LogP contribution in [0.5, 0.6) is 0 Å². The fraction of sp³-hybridized carbons (Fsp3) is 0.294. The number of benzene rings is 1. The highest BCUT2D eigenvalue weighted by molar-refractivity contribution is 6.42. The van der Waals surface area contributed by atoms with E-state index < -0.39 is 0 Å². The highest BCUT2D eigenvalue weighted by atomic mass is 35.5. The monoisotopic (exact) mass is 333 g/mol. The number of aryl methyl sites for hydroxylation is 1. The molecule has 0 radical (unpaired) electrons. The van der Waals surface area contributed by atoms with Crippen molar-refractivity contribution in [2.24, 2.45) is 0 Å². The van der Waals surface area contributed by atoms with Gasteiger partial charge in [-0.1, -0.05) is 35.3 Å². The molecule has 3 nitrogen and oxygen atoms in total. The lowest BCUT2D eigenvalue weighted by Crippen LogP contribution is -2.19. The van der Waals surface area contributed by atoms with Crippen LogP contribution in [-0.4, -0.2) is 23.1 Å². The summed E-state index contributed by atoms with van der Waals surface area (Å²) in [4.78, 5) is 11.4. The van der Waals surface area contributed by atoms with E-state index in [0.717, 1.165) is 30.2 Å². The van der Waals surface area contributed by atoms with Gasteiger partial charge in [-0.25, -0.2) is 9.97 Å². The fourth-order valence-electron chi connectivity index (χ4n) is 2.54. The molecule has 1 aliphatic rings. The number of halogens is 2. The van der Waals surface area contributed by atoms with E-state index in [-0.39, 0.29) is 0 Å². The van der Waals surface area contributed by atoms with E-state index in [0.29, 0.717) is 15.9 Å². The van der Waals surface area contributed by atoms with E-state index in [9.17, 15) is 0 Å². The Kier molecular flexibility index (Phi) is 4.65. The molecule has 114 valence electrons. The van der Waals surface area contributed by atoms with E-state index in [1.165, 1.54) is 12.8 Å². The maximum Gasteiger partial charge on any atom is 0.154 e. The molecule has 0 bridgehead atoms. The van der Waals surface area contributed by atoms with Crippen LogP contribution in [0.1, 0.15) is 29.9 Å². The van der Waals surface area contributed by atoms with Crippen molar-refractivity contribution in [1.29, 1.82) is 0 Å². The highest BCUT2D eigenvalue weighted by Crippen LogP contribution is 2.24. The van der Waals surface area contributed by atoms with Crippen LogP contribution >= 0.6 is 23.2 Å². The van der Waals surface area contributed by atoms with Gasteiger partial charge in [0.25, 0.3) is 0 Å². The molecule has 0 N–H and O–H groups in total. The highest BCUT2D eigenvalue weighted by Gasteiger charge is 2.14. The fourth-order valence-corrected chi connectivity index (χ4v) is 2.85. The normalized spacial score (nSPS) is 15.0. The molecule has 5 heteroatoms. The van der Waals surface area contributed by atoms with Crippen molar-refractivity contribution in [1.82, 2.24) is 9.97 Å². The van der Waals surface area contributed by atoms with Crippen molar-refractivity contribution in [3.63, 3.8) is 0 Å². The van der Waals surface area contributed by atoms with Crippen LogP contribution in [0.2, 0.25) is 10.0 Å². The van der Waals surface area contributed by atoms with Gasteiger partial charge in [-0.2, -0.15) is 0 Å². The Labute approximate surface area is 140 Å². The predicted molar refractivity (Wildman–Crippen MR) is 93.6 cm³/mol. The quantitative estimate of drug-likeness (QED) is 0.802. The number of aromatic nitrogens is 2. The first-order valence-electron chi connectivity index (χ1n) is 7.35. The summed E-state index contributed by atoms with van der Waals surface area (Å²) in [5, 5.41) is 1.11. The summed E-state index contributed by atoms with van der Waals surface area (Å²) >= 11 is 12.0. The SMILES string of the molecule is Cc1cc(N2CCCC2)nc(C=Cc2ccc(Cl)c(Cl)c2)n1. The molecule has 1 saturated heterocycles. The molecule has 2 heterocycles. The van der Waals surface area contributed by atoms with Crippen molar-refractivity contribution in [3.05, 3.63) is 51.4 Å². The zero-order valence-electron chi connectivity index (χ0n) is 12.4. The molecule has 0 unspecified atom stereocenters. The molecule has 3 rings (SSSR count). The van der Waals surface area contributed by atoms with Crippen molar-refractivity contribution < 1.29 is 0 Å². The Morgan fingerprint density at radius 1 is 1.00 bits per heavy atom. The Hall–Kier alpha value is -1.58. The molecule has 1 aromatic carbocycles. The predicted octanol–water partition coefficient (Wildman–Crippen LogP) is 4.86. The van der Waals surface area contributed by atoms with Gasteiger partial charge in [0.05, 0.1) is 10.0 Å². The molecule has 1 fully saturated rings. The number of anilines is 1. The van der Waals surface area contributed by atoms with Gasteiger partial charge in [0.2, 0.25) is 0 Å². The van der Waals surface area contributed by atoms with Crippen LogP contribution in [0.15, 0.2) is 24.3 Å². The van der Waals surface area contributed by atoms with Crippen LogP contribution in [0.25, 0.3) is 12.2 Å². The first-order valence-corrected chi connectivity index (χ1v) is 8.11. The summed E-state index contributed by atoms with van der Waals surface area (Å²) in [6.07, 6.45) is 6.33. The third kappa shape index (κ3) is 3.60. The van der Waals surface area contributed by atoms with Crippen molar-refractivity contribution in [3.8, 4) is 0 Å². The topological polar surface area (TPSA) is 29.0 Å². The van der Waals surface area contributed by atoms with E-state index in [4.69, 9.17) is 23.2 Å². The molecule has 0 amide bonds. The third-order valence-electron chi connectivity index (χ3n) is 3.66. The molecular formula is C17H17Cl2N3. The van der Waals surface area contributed by atoms with Gasteiger partial charge in [-0.3, -0.25) is 0 Å². The Balaban J connectivity index is 1.84. The number of hydrogen-bond acceptors (Lipinski definition) is 3. The molecule has 0 saturated carbocycles. The molecule has 0 aliphatic carbocycles. The molecule has 0 atom stereocenters. The number of nitrogens with zero attached hydrogens (tertiary/aromatic N) is 3. The molecule has 2 aromatic rings. The average molecular weight is 334 g/mol. The molecule has 22 heavy (non-hydrogen) atoms. The zero-order chi connectivity index (χ0) is 15.5. The molecule has 0 spiro atoms. The molecular weight excluding hydrogens is 317 g/mol. The van der Waals surface area contributed by atoms with Crippen molar-refractivity contribution in [2.75, 3.05) is 18.0 Å². The standard InChI is InChI=1S/C17H17Cl2N3/c1-12-10-17(22-8-2-3-9-22)21-16(20-12)7-5-13-4-6-14(18)15(19)11-13/h4-7,10-11H,2-3,8-9H2,1H3. The van der Waals surface area contributed by atoms with Crippen LogP contribution < -0.4 is 4.90 Å². The molecule has 1 aromatic heterocycles. The van der Waals surface area contributed by atoms with Gasteiger partial charge in [0, 0.05) is 24.8 Å². The van der Waals surface area contributed by atoms with Gasteiger partial charge in [0.1, 0.15) is 5.82 Å². The Morgan fingerprint density at radius 3 is 2.50 bits per heavy atom. The second-order valence-electron chi connectivity index (χ2n) is 5.43. The maximum absolute atomic E-state index is 6.03. The maximum atomic E-state index is 6.03. The zero-order valence-corrected chi connectivity index (χ0v) is 13.9. The van der Waals surface area contributed by atoms with E-state index in [2.05, 4.69) is 14.9 Å². The number of rotatable bonds is 3. The smallest absolute Gasteiger partial charge is 0.154 e. The second-order valence-corrected chi connectivity index (χ2v) is 6.24. The van der Waals surface area contributed by atoms with E-state index in [1.807, 2.05) is 37.3 Å². The first kappa shape index (κ1) is 15.3. The summed E-state index contributed by atoms with van der Waals surface area (Å²) in [7, 11) is 0. The molecule has 1 aliphatic heterocycles. The van der Waals surface area contributed by atoms with Gasteiger partial charge in [-0.05, 0) is 43.5 Å². The minimum absolute atomic E-state index is 0.548. The second kappa shape index (κ2) is 6.67. The lowest BCUT2D eigenvalue weighted by atomic mass is 10.2. The lowest BCUT2D eigenvalue weighted by molar-refractivity contribution is 0.915. The third-order valence-corrected chi connectivity index (χ3v) is 4.40. The summed E-state index contributed by atoms with van der Waals surface area (Å²) in [6.45, 7) is 4.15. The van der Waals surface area contributed by atoms with Crippen molar-refractivity contribution in [2.45, 2.75) is 19.8 Å². The average Bonchev–Trinajstić information content (AvgIpc) is 3.02. The summed E-state index contributed by atoms with van der Waals surface area (Å²) in [5.41, 5.74) is 1.95. The summed E-state index contributed by atoms with van der Waals surface area (Å²) < 4.78 is 0. The van der Waals surface area contributed by atoms with Crippen molar-refractivity contribution >= 4 is 41.2 Å². The van der Waals surface area contributed by atoms with Gasteiger partial charge in [-0.15, -0.1) is 0 Å².